The van der Waals surface area contributed by atoms with Crippen LogP contribution in [-0.4, -0.2) is 72.0 Å². The highest BCUT2D eigenvalue weighted by Crippen LogP contribution is 2.33. The van der Waals surface area contributed by atoms with Gasteiger partial charge in [0.25, 0.3) is 0 Å². The number of allylic oxidation sites excluding steroid dienone is 1. The molecule has 0 saturated heterocycles. The summed E-state index contributed by atoms with van der Waals surface area (Å²) in [6, 6.07) is 18.3. The van der Waals surface area contributed by atoms with Gasteiger partial charge in [-0.15, -0.1) is 0 Å². The summed E-state index contributed by atoms with van der Waals surface area (Å²) in [5, 5.41) is 7.22. The number of aliphatic imine (C=N–C) groups is 1. The number of carbonyl (C=O) groups excluding carboxylic acids is 1. The minimum absolute atomic E-state index is 0.0622. The number of benzene rings is 2. The number of para-hydroxylation sites is 1. The van der Waals surface area contributed by atoms with E-state index in [1.165, 1.54) is 0 Å². The first-order chi connectivity index (χ1) is 19.3. The molecule has 1 aliphatic carbocycles. The molecule has 1 amide bonds. The number of amides is 1. The van der Waals surface area contributed by atoms with E-state index in [9.17, 15) is 4.79 Å². The van der Waals surface area contributed by atoms with E-state index in [0.29, 0.717) is 0 Å². The van der Waals surface area contributed by atoms with Crippen molar-refractivity contribution in [2.75, 3.05) is 27.7 Å². The second-order valence-corrected chi connectivity index (χ2v) is 10.8. The van der Waals surface area contributed by atoms with Crippen molar-refractivity contribution in [2.45, 2.75) is 51.6 Å². The van der Waals surface area contributed by atoms with Crippen molar-refractivity contribution in [3.63, 3.8) is 0 Å². The lowest BCUT2D eigenvalue weighted by Crippen LogP contribution is -2.43. The second kappa shape index (κ2) is 13.4. The SMILES string of the molecule is C=CN=C1C(=C(C)C)C(c2ccc(Oc3ccccc3)cc2)=NN1C1CCC(N(C)C(=O)/C=C/CN(C)C)CC1. The number of hydrogen-bond donors (Lipinski definition) is 0. The Morgan fingerprint density at radius 1 is 1.02 bits per heavy atom. The number of nitrogens with zero attached hydrogens (tertiary/aromatic N) is 5. The van der Waals surface area contributed by atoms with Crippen molar-refractivity contribution in [1.29, 1.82) is 0 Å². The molecule has 0 unspecified atom stereocenters. The predicted octanol–water partition coefficient (Wildman–Crippen LogP) is 6.26. The minimum atomic E-state index is 0.0622. The van der Waals surface area contributed by atoms with Gasteiger partial charge in [0.15, 0.2) is 5.84 Å². The van der Waals surface area contributed by atoms with Gasteiger partial charge >= 0.3 is 0 Å². The lowest BCUT2D eigenvalue weighted by molar-refractivity contribution is -0.127. The Hall–Kier alpha value is -3.97. The van der Waals surface area contributed by atoms with Crippen molar-refractivity contribution in [3.8, 4) is 11.5 Å². The van der Waals surface area contributed by atoms with Gasteiger partial charge in [0, 0.05) is 43.0 Å². The van der Waals surface area contributed by atoms with Crippen molar-refractivity contribution >= 4 is 17.5 Å². The maximum atomic E-state index is 12.7. The summed E-state index contributed by atoms with van der Waals surface area (Å²) < 4.78 is 5.99. The molecule has 2 aliphatic rings. The van der Waals surface area contributed by atoms with Crippen LogP contribution in [0.15, 0.2) is 101 Å². The van der Waals surface area contributed by atoms with E-state index < -0.39 is 0 Å². The van der Waals surface area contributed by atoms with Gasteiger partial charge in [-0.05, 0) is 90.0 Å². The molecule has 0 atom stereocenters. The van der Waals surface area contributed by atoms with E-state index in [4.69, 9.17) is 14.8 Å². The fourth-order valence-electron chi connectivity index (χ4n) is 5.21. The molecule has 2 aromatic carbocycles. The van der Waals surface area contributed by atoms with Gasteiger partial charge in [-0.3, -0.25) is 4.79 Å². The van der Waals surface area contributed by atoms with Crippen LogP contribution in [0.3, 0.4) is 0 Å². The van der Waals surface area contributed by atoms with Gasteiger partial charge in [-0.2, -0.15) is 5.10 Å². The molecule has 0 N–H and O–H groups in total. The zero-order valence-corrected chi connectivity index (χ0v) is 24.4. The molecule has 7 heteroatoms. The largest absolute Gasteiger partial charge is 0.457 e. The Morgan fingerprint density at radius 3 is 2.27 bits per heavy atom. The quantitative estimate of drug-likeness (QED) is 0.353. The van der Waals surface area contributed by atoms with E-state index >= 15 is 0 Å². The summed E-state index contributed by atoms with van der Waals surface area (Å²) in [6.45, 7) is 8.83. The third-order valence-corrected chi connectivity index (χ3v) is 7.34. The number of carbonyl (C=O) groups is 1. The van der Waals surface area contributed by atoms with Crippen LogP contribution in [0.4, 0.5) is 0 Å². The first kappa shape index (κ1) is 29.0. The van der Waals surface area contributed by atoms with Crippen LogP contribution in [0.25, 0.3) is 0 Å². The molecule has 7 nitrogen and oxygen atoms in total. The molecule has 0 aromatic heterocycles. The number of hydrazone groups is 1. The number of rotatable bonds is 9. The van der Waals surface area contributed by atoms with Crippen LogP contribution < -0.4 is 4.74 Å². The van der Waals surface area contributed by atoms with Gasteiger partial charge < -0.3 is 14.5 Å². The van der Waals surface area contributed by atoms with E-state index in [0.717, 1.165) is 72.0 Å². The molecule has 0 spiro atoms. The molecular formula is C33H41N5O2. The lowest BCUT2D eigenvalue weighted by Gasteiger charge is -2.37. The summed E-state index contributed by atoms with van der Waals surface area (Å²) in [7, 11) is 5.90. The van der Waals surface area contributed by atoms with Crippen LogP contribution in [0.5, 0.6) is 11.5 Å². The molecule has 0 radical (unpaired) electrons. The van der Waals surface area contributed by atoms with Crippen molar-refractivity contribution in [3.05, 3.63) is 96.2 Å². The van der Waals surface area contributed by atoms with E-state index in [-0.39, 0.29) is 18.0 Å². The van der Waals surface area contributed by atoms with Gasteiger partial charge in [0.05, 0.1) is 6.04 Å². The third kappa shape index (κ3) is 6.96. The first-order valence-electron chi connectivity index (χ1n) is 13.9. The van der Waals surface area contributed by atoms with Crippen molar-refractivity contribution < 1.29 is 9.53 Å². The van der Waals surface area contributed by atoms with Crippen LogP contribution >= 0.6 is 0 Å². The zero-order valence-electron chi connectivity index (χ0n) is 24.4. The summed E-state index contributed by atoms with van der Waals surface area (Å²) in [4.78, 5) is 21.3. The highest BCUT2D eigenvalue weighted by Gasteiger charge is 2.37. The fourth-order valence-corrected chi connectivity index (χ4v) is 5.21. The van der Waals surface area contributed by atoms with E-state index in [2.05, 4.69) is 37.6 Å². The summed E-state index contributed by atoms with van der Waals surface area (Å²) in [5.74, 6) is 2.48. The Bertz CT molecular complexity index is 1300. The molecule has 0 bridgehead atoms. The van der Waals surface area contributed by atoms with Gasteiger partial charge in [-0.25, -0.2) is 10.0 Å². The van der Waals surface area contributed by atoms with Gasteiger partial charge in [0.1, 0.15) is 17.2 Å². The molecule has 4 rings (SSSR count). The maximum Gasteiger partial charge on any atom is 0.246 e. The molecule has 1 saturated carbocycles. The Balaban J connectivity index is 1.50. The third-order valence-electron chi connectivity index (χ3n) is 7.34. The smallest absolute Gasteiger partial charge is 0.246 e. The lowest BCUT2D eigenvalue weighted by atomic mass is 9.89. The first-order valence-corrected chi connectivity index (χ1v) is 13.9. The molecule has 2 aromatic rings. The number of hydrogen-bond acceptors (Lipinski definition) is 5. The van der Waals surface area contributed by atoms with Crippen molar-refractivity contribution in [1.82, 2.24) is 14.8 Å². The predicted molar refractivity (Wildman–Crippen MR) is 164 cm³/mol. The number of likely N-dealkylation sites (N-methyl/N-ethyl adjacent to an activating group) is 2. The monoisotopic (exact) mass is 539 g/mol. The molecule has 210 valence electrons. The van der Waals surface area contributed by atoms with E-state index in [1.54, 1.807) is 12.3 Å². The molecule has 1 aliphatic heterocycles. The topological polar surface area (TPSA) is 60.7 Å². The fraction of sp³-hybridized carbons (Fsp3) is 0.364. The Labute approximate surface area is 238 Å². The summed E-state index contributed by atoms with van der Waals surface area (Å²) >= 11 is 0. The minimum Gasteiger partial charge on any atom is -0.457 e. The number of ether oxygens (including phenoxy) is 1. The summed E-state index contributed by atoms with van der Waals surface area (Å²) in [5.41, 5.74) is 4.11. The average molecular weight is 540 g/mol. The van der Waals surface area contributed by atoms with Crippen LogP contribution in [0.1, 0.15) is 45.1 Å². The zero-order chi connectivity index (χ0) is 28.6. The number of amidine groups is 1. The molecule has 40 heavy (non-hydrogen) atoms. The normalized spacial score (nSPS) is 20.2. The van der Waals surface area contributed by atoms with E-state index in [1.807, 2.05) is 79.5 Å². The van der Waals surface area contributed by atoms with Crippen LogP contribution in [0, 0.1) is 0 Å². The Morgan fingerprint density at radius 2 is 1.68 bits per heavy atom. The van der Waals surface area contributed by atoms with Gasteiger partial charge in [0.2, 0.25) is 5.91 Å². The highest BCUT2D eigenvalue weighted by atomic mass is 16.5. The maximum absolute atomic E-state index is 12.7. The van der Waals surface area contributed by atoms with Gasteiger partial charge in [-0.1, -0.05) is 36.4 Å². The van der Waals surface area contributed by atoms with Crippen LogP contribution in [-0.2, 0) is 4.79 Å². The molecule has 1 fully saturated rings. The Kier molecular flexibility index (Phi) is 9.72. The average Bonchev–Trinajstić information content (AvgIpc) is 3.33. The second-order valence-electron chi connectivity index (χ2n) is 10.8. The standard InChI is InChI=1S/C33H41N5O2/c1-7-34-33-31(24(2)3)32(25-15-21-29(22-16-25)40-28-12-9-8-10-13-28)35-38(33)27-19-17-26(18-20-27)37(6)30(39)14-11-23-36(4)5/h7-16,21-22,26-27H,1,17-20,23H2,2-6H3/b14-11+,34-33?. The van der Waals surface area contributed by atoms with Crippen molar-refractivity contribution in [2.24, 2.45) is 10.1 Å². The highest BCUT2D eigenvalue weighted by molar-refractivity contribution is 6.32. The van der Waals surface area contributed by atoms with Crippen LogP contribution in [0.2, 0.25) is 0 Å². The molecule has 1 heterocycles. The summed E-state index contributed by atoms with van der Waals surface area (Å²) in [6.07, 6.45) is 8.91. The molecular weight excluding hydrogens is 498 g/mol.